The summed E-state index contributed by atoms with van der Waals surface area (Å²) < 4.78 is 0.289. The molecule has 0 spiro atoms. The molecule has 0 heterocycles. The van der Waals surface area contributed by atoms with Crippen molar-refractivity contribution >= 4 is 91.3 Å². The maximum absolute atomic E-state index is 11.7. The summed E-state index contributed by atoms with van der Waals surface area (Å²) in [5.41, 5.74) is -0.547. The van der Waals surface area contributed by atoms with E-state index in [1.165, 1.54) is 0 Å². The highest BCUT2D eigenvalue weighted by atomic mass is 127. The summed E-state index contributed by atoms with van der Waals surface area (Å²) >= 11 is 4.97. The highest BCUT2D eigenvalue weighted by molar-refractivity contribution is 14.1. The average Bonchev–Trinajstić information content (AvgIpc) is 2.41. The van der Waals surface area contributed by atoms with Gasteiger partial charge in [-0.05, 0) is 67.8 Å². The number of amides is 1. The van der Waals surface area contributed by atoms with Crippen LogP contribution < -0.4 is 5.32 Å². The molecule has 1 aromatic carbocycles. The van der Waals surface area contributed by atoms with Gasteiger partial charge in [0.1, 0.15) is 0 Å². The number of halogens is 3. The Balaban J connectivity index is 3.60. The molecular weight excluding hydrogens is 639 g/mol. The molecule has 0 aliphatic rings. The van der Waals surface area contributed by atoms with Crippen LogP contribution in [0.4, 0.5) is 5.69 Å². The molecule has 0 aliphatic heterocycles. The Kier molecular flexibility index (Phi) is 7.21. The van der Waals surface area contributed by atoms with Gasteiger partial charge in [0.05, 0.1) is 30.6 Å². The third-order valence-corrected chi connectivity index (χ3v) is 5.70. The van der Waals surface area contributed by atoms with E-state index in [1.807, 2.05) is 0 Å². The van der Waals surface area contributed by atoms with E-state index in [4.69, 9.17) is 5.11 Å². The van der Waals surface area contributed by atoms with Crippen molar-refractivity contribution in [2.75, 3.05) is 11.9 Å². The number of nitrogens with one attached hydrogen (secondary N) is 1. The molecule has 1 unspecified atom stereocenters. The number of carbonyl (C=O) groups excluding carboxylic acids is 1. The van der Waals surface area contributed by atoms with Gasteiger partial charge in [0.2, 0.25) is 0 Å². The molecule has 120 valence electrons. The molecule has 0 saturated carbocycles. The summed E-state index contributed by atoms with van der Waals surface area (Å²) in [7, 11) is 0. The number of anilines is 1. The molecule has 8 nitrogen and oxygen atoms in total. The van der Waals surface area contributed by atoms with Gasteiger partial charge in [0.15, 0.2) is 6.10 Å². The van der Waals surface area contributed by atoms with Crippen molar-refractivity contribution in [1.82, 2.24) is 0 Å². The monoisotopic (exact) mass is 647 g/mol. The van der Waals surface area contributed by atoms with Crippen LogP contribution in [0.3, 0.4) is 0 Å². The summed E-state index contributed by atoms with van der Waals surface area (Å²) in [5, 5.41) is 38.8. The second-order valence-corrected chi connectivity index (χ2v) is 7.10. The molecule has 1 aromatic rings. The predicted molar refractivity (Wildman–Crippen MR) is 100 cm³/mol. The van der Waals surface area contributed by atoms with E-state index in [0.717, 1.165) is 0 Å². The van der Waals surface area contributed by atoms with E-state index in [1.54, 1.807) is 67.8 Å². The van der Waals surface area contributed by atoms with Crippen molar-refractivity contribution in [1.29, 1.82) is 0 Å². The van der Waals surface area contributed by atoms with Gasteiger partial charge >= 0.3 is 11.9 Å². The zero-order valence-corrected chi connectivity index (χ0v) is 16.9. The molecule has 5 N–H and O–H groups in total. The SMILES string of the molecule is O=C(O)c1c(I)c(NC(=O)C(O)CO)c(I)c(C(=O)O)c1I. The Labute approximate surface area is 164 Å². The summed E-state index contributed by atoms with van der Waals surface area (Å²) in [6.45, 7) is -0.819. The smallest absolute Gasteiger partial charge is 0.337 e. The van der Waals surface area contributed by atoms with Gasteiger partial charge in [-0.1, -0.05) is 0 Å². The van der Waals surface area contributed by atoms with Crippen LogP contribution >= 0.6 is 67.8 Å². The Morgan fingerprint density at radius 2 is 1.36 bits per heavy atom. The third kappa shape index (κ3) is 3.98. The van der Waals surface area contributed by atoms with E-state index in [9.17, 15) is 29.7 Å². The van der Waals surface area contributed by atoms with Crippen LogP contribution in [-0.2, 0) is 4.79 Å². The van der Waals surface area contributed by atoms with E-state index in [0.29, 0.717) is 0 Å². The van der Waals surface area contributed by atoms with E-state index < -0.39 is 30.6 Å². The molecule has 11 heteroatoms. The Hall–Kier alpha value is -0.260. The second kappa shape index (κ2) is 8.02. The van der Waals surface area contributed by atoms with Crippen LogP contribution in [0.5, 0.6) is 0 Å². The summed E-state index contributed by atoms with van der Waals surface area (Å²) in [4.78, 5) is 34.4. The first-order valence-electron chi connectivity index (χ1n) is 5.40. The molecule has 0 bridgehead atoms. The van der Waals surface area contributed by atoms with Gasteiger partial charge in [0.25, 0.3) is 5.91 Å². The van der Waals surface area contributed by atoms with Crippen LogP contribution in [0.2, 0.25) is 0 Å². The average molecular weight is 647 g/mol. The second-order valence-electron chi connectivity index (χ2n) is 3.86. The van der Waals surface area contributed by atoms with Crippen LogP contribution in [0.25, 0.3) is 0 Å². The first kappa shape index (κ1) is 19.8. The van der Waals surface area contributed by atoms with E-state index in [-0.39, 0.29) is 27.5 Å². The number of aliphatic hydroxyl groups is 2. The summed E-state index contributed by atoms with van der Waals surface area (Å²) in [5.74, 6) is -3.65. The minimum Gasteiger partial charge on any atom is -0.478 e. The van der Waals surface area contributed by atoms with Crippen molar-refractivity contribution in [2.45, 2.75) is 6.10 Å². The van der Waals surface area contributed by atoms with Crippen molar-refractivity contribution in [3.05, 3.63) is 21.8 Å². The number of rotatable bonds is 5. The molecule has 1 amide bonds. The predicted octanol–water partition coefficient (Wildman–Crippen LogP) is 1.19. The molecule has 1 rings (SSSR count). The highest BCUT2D eigenvalue weighted by Crippen LogP contribution is 2.35. The van der Waals surface area contributed by atoms with Crippen LogP contribution in [0.1, 0.15) is 20.7 Å². The topological polar surface area (TPSA) is 144 Å². The number of hydrogen-bond donors (Lipinski definition) is 5. The molecule has 0 aliphatic carbocycles. The van der Waals surface area contributed by atoms with Crippen LogP contribution in [0.15, 0.2) is 0 Å². The number of aliphatic hydroxyl groups excluding tert-OH is 2. The molecule has 0 aromatic heterocycles. The molecule has 22 heavy (non-hydrogen) atoms. The number of carboxylic acids is 2. The van der Waals surface area contributed by atoms with Crippen molar-refractivity contribution in [2.24, 2.45) is 0 Å². The number of aromatic carboxylic acids is 2. The molecule has 0 saturated heterocycles. The van der Waals surface area contributed by atoms with E-state index in [2.05, 4.69) is 5.32 Å². The molecule has 1 atom stereocenters. The minimum absolute atomic E-state index is 0.0334. The fourth-order valence-corrected chi connectivity index (χ4v) is 5.80. The standard InChI is InChI=1S/C11H8I3NO7/c12-5-3(10(19)20)6(13)8(7(14)4(5)11(21)22)15-9(18)2(17)1-16/h2,16-17H,1H2,(H,15,18)(H,19,20)(H,21,22). The lowest BCUT2D eigenvalue weighted by atomic mass is 10.1. The Morgan fingerprint density at radius 3 is 1.68 bits per heavy atom. The largest absolute Gasteiger partial charge is 0.478 e. The van der Waals surface area contributed by atoms with Gasteiger partial charge in [-0.25, -0.2) is 9.59 Å². The lowest BCUT2D eigenvalue weighted by Crippen LogP contribution is -2.31. The number of carbonyl (C=O) groups is 3. The zero-order valence-electron chi connectivity index (χ0n) is 10.4. The maximum Gasteiger partial charge on any atom is 0.337 e. The van der Waals surface area contributed by atoms with Gasteiger partial charge in [0, 0.05) is 3.57 Å². The van der Waals surface area contributed by atoms with Gasteiger partial charge in [-0.3, -0.25) is 4.79 Å². The fourth-order valence-electron chi connectivity index (χ4n) is 1.44. The van der Waals surface area contributed by atoms with Crippen LogP contribution in [0, 0.1) is 10.7 Å². The maximum atomic E-state index is 11.7. The number of benzene rings is 1. The fraction of sp³-hybridized carbons (Fsp3) is 0.182. The Morgan fingerprint density at radius 1 is 0.955 bits per heavy atom. The Bertz CT molecular complexity index is 621. The zero-order chi connectivity index (χ0) is 17.2. The molecule has 0 fully saturated rings. The first-order valence-corrected chi connectivity index (χ1v) is 8.63. The normalized spacial score (nSPS) is 11.9. The van der Waals surface area contributed by atoms with Crippen molar-refractivity contribution < 1.29 is 34.8 Å². The van der Waals surface area contributed by atoms with E-state index >= 15 is 0 Å². The highest BCUT2D eigenvalue weighted by Gasteiger charge is 2.29. The van der Waals surface area contributed by atoms with Gasteiger partial charge in [-0.15, -0.1) is 0 Å². The lowest BCUT2D eigenvalue weighted by molar-refractivity contribution is -0.125. The quantitative estimate of drug-likeness (QED) is 0.303. The minimum atomic E-state index is -1.70. The van der Waals surface area contributed by atoms with Gasteiger partial charge < -0.3 is 25.7 Å². The van der Waals surface area contributed by atoms with Crippen molar-refractivity contribution in [3.8, 4) is 0 Å². The number of hydrogen-bond acceptors (Lipinski definition) is 5. The summed E-state index contributed by atoms with van der Waals surface area (Å²) in [6.07, 6.45) is -1.70. The van der Waals surface area contributed by atoms with Gasteiger partial charge in [-0.2, -0.15) is 0 Å². The summed E-state index contributed by atoms with van der Waals surface area (Å²) in [6, 6.07) is 0. The third-order valence-electron chi connectivity index (χ3n) is 2.47. The van der Waals surface area contributed by atoms with Crippen molar-refractivity contribution in [3.63, 3.8) is 0 Å². The molecule has 0 radical (unpaired) electrons. The first-order chi connectivity index (χ1) is 10.1. The number of carboxylic acid groups (broad SMARTS) is 2. The van der Waals surface area contributed by atoms with Crippen LogP contribution in [-0.4, -0.2) is 51.0 Å². The molecular formula is C11H8I3NO7. The lowest BCUT2D eigenvalue weighted by Gasteiger charge is -2.17.